The molecule has 0 saturated carbocycles. The molecule has 8 heteroatoms. The van der Waals surface area contributed by atoms with Gasteiger partial charge in [-0.15, -0.1) is 0 Å². The van der Waals surface area contributed by atoms with Crippen LogP contribution in [0.15, 0.2) is 55.6 Å². The minimum Gasteiger partial charge on any atom is -1.00 e. The van der Waals surface area contributed by atoms with E-state index in [-0.39, 0.29) is 40.1 Å². The predicted molar refractivity (Wildman–Crippen MR) is 75.6 cm³/mol. The average molecular weight is 452 g/mol. The number of hydrogen-bond acceptors (Lipinski definition) is 1. The molecule has 2 N–H and O–H groups in total. The van der Waals surface area contributed by atoms with E-state index in [0.717, 1.165) is 11.1 Å². The van der Waals surface area contributed by atoms with Crippen molar-refractivity contribution >= 4 is 13.8 Å². The molecule has 0 aliphatic carbocycles. The Hall–Kier alpha value is -0.850. The summed E-state index contributed by atoms with van der Waals surface area (Å²) in [6, 6.07) is 7.81. The Labute approximate surface area is 150 Å². The van der Waals surface area contributed by atoms with Crippen molar-refractivity contribution in [2.75, 3.05) is 6.16 Å². The summed E-state index contributed by atoms with van der Waals surface area (Å²) in [5, 5.41) is 0. The van der Waals surface area contributed by atoms with Gasteiger partial charge in [-0.2, -0.15) is 4.57 Å². The highest BCUT2D eigenvalue weighted by atomic mass is 79.9. The zero-order valence-corrected chi connectivity index (χ0v) is 15.8. The Kier molecular flexibility index (Phi) is 8.96. The quantitative estimate of drug-likeness (QED) is 0.354. The highest BCUT2D eigenvalue weighted by Gasteiger charge is 2.15. The zero-order chi connectivity index (χ0) is 14.6. The molecule has 0 aromatic carbocycles. The van der Waals surface area contributed by atoms with Gasteiger partial charge in [0, 0.05) is 24.3 Å². The summed E-state index contributed by atoms with van der Waals surface area (Å²) in [5.41, 5.74) is 2.12. The molecule has 0 fully saturated rings. The lowest BCUT2D eigenvalue weighted by atomic mass is 10.1. The van der Waals surface area contributed by atoms with Crippen molar-refractivity contribution in [2.45, 2.75) is 6.54 Å². The predicted octanol–water partition coefficient (Wildman–Crippen LogP) is -4.79. The van der Waals surface area contributed by atoms with Gasteiger partial charge in [0.15, 0.2) is 37.5 Å². The molecule has 2 rings (SSSR count). The number of nitrogens with zero attached hydrogens (tertiary/aromatic N) is 2. The van der Waals surface area contributed by atoms with E-state index in [1.807, 2.05) is 53.6 Å². The van der Waals surface area contributed by atoms with Gasteiger partial charge in [-0.3, -0.25) is 4.57 Å². The van der Waals surface area contributed by atoms with Gasteiger partial charge in [0.1, 0.15) is 6.16 Å². The van der Waals surface area contributed by atoms with E-state index in [9.17, 15) is 4.57 Å². The molecule has 0 bridgehead atoms. The molecule has 0 atom stereocenters. The van der Waals surface area contributed by atoms with Crippen LogP contribution in [0.25, 0.3) is 17.3 Å². The summed E-state index contributed by atoms with van der Waals surface area (Å²) in [6.45, 7) is 3.98. The third-order valence-electron chi connectivity index (χ3n) is 2.94. The monoisotopic (exact) mass is 450 g/mol. The summed E-state index contributed by atoms with van der Waals surface area (Å²) < 4.78 is 14.4. The maximum absolute atomic E-state index is 10.8. The van der Waals surface area contributed by atoms with Gasteiger partial charge >= 0.3 is 7.60 Å². The van der Waals surface area contributed by atoms with Gasteiger partial charge in [0.2, 0.25) is 0 Å². The molecule has 5 nitrogen and oxygen atoms in total. The van der Waals surface area contributed by atoms with Gasteiger partial charge in [-0.1, -0.05) is 0 Å². The van der Waals surface area contributed by atoms with Crippen LogP contribution in [0.2, 0.25) is 0 Å². The van der Waals surface area contributed by atoms with Crippen molar-refractivity contribution in [3.8, 4) is 11.1 Å². The van der Waals surface area contributed by atoms with E-state index in [1.165, 1.54) is 0 Å². The molecule has 0 aliphatic rings. The fourth-order valence-corrected chi connectivity index (χ4v) is 2.29. The number of aryl methyl sites for hydroxylation is 1. The molecular formula is C14H17Br2N2O3P. The van der Waals surface area contributed by atoms with Crippen molar-refractivity contribution in [3.05, 3.63) is 55.6 Å². The van der Waals surface area contributed by atoms with Crippen molar-refractivity contribution in [3.63, 3.8) is 0 Å². The highest BCUT2D eigenvalue weighted by molar-refractivity contribution is 7.51. The molecule has 2 aromatic heterocycles. The first kappa shape index (κ1) is 21.1. The van der Waals surface area contributed by atoms with Gasteiger partial charge in [-0.25, -0.2) is 4.57 Å². The Morgan fingerprint density at radius 1 is 1.00 bits per heavy atom. The van der Waals surface area contributed by atoms with Crippen molar-refractivity contribution in [2.24, 2.45) is 0 Å². The summed E-state index contributed by atoms with van der Waals surface area (Å²) >= 11 is 0. The average Bonchev–Trinajstić information content (AvgIpc) is 2.45. The van der Waals surface area contributed by atoms with Crippen molar-refractivity contribution in [1.82, 2.24) is 0 Å². The number of hydrogen-bond donors (Lipinski definition) is 2. The second-order valence-corrected chi connectivity index (χ2v) is 6.21. The fraction of sp³-hybridized carbons (Fsp3) is 0.143. The molecule has 0 saturated heterocycles. The maximum atomic E-state index is 10.8. The minimum absolute atomic E-state index is 0. The molecule has 0 amide bonds. The standard InChI is InChI=1S/C14H15N2O3P.2BrH/c1-2-15-7-3-13(4-8-15)14-5-9-16(10-6-14)11-12-20(17,18)19;;/h2-10H,1,11-12H2;2*1H. The van der Waals surface area contributed by atoms with Crippen LogP contribution in [0.5, 0.6) is 0 Å². The van der Waals surface area contributed by atoms with E-state index in [2.05, 4.69) is 6.58 Å². The van der Waals surface area contributed by atoms with Gasteiger partial charge in [-0.05, 0) is 17.7 Å². The summed E-state index contributed by atoms with van der Waals surface area (Å²) in [6.07, 6.45) is 9.03. The topological polar surface area (TPSA) is 65.3 Å². The first-order valence-corrected chi connectivity index (χ1v) is 7.95. The number of aromatic nitrogens is 2. The Balaban J connectivity index is 0.00000220. The molecule has 2 heterocycles. The normalized spacial score (nSPS) is 10.3. The molecule has 22 heavy (non-hydrogen) atoms. The SMILES string of the molecule is C=C[n+]1ccc(-c2cc[n+](CCP(=O)(O)O)cc2)cc1.[Br-].[Br-]. The van der Waals surface area contributed by atoms with Crippen molar-refractivity contribution in [1.29, 1.82) is 0 Å². The van der Waals surface area contributed by atoms with Crippen LogP contribution in [0.4, 0.5) is 0 Å². The third kappa shape index (κ3) is 6.50. The highest BCUT2D eigenvalue weighted by Crippen LogP contribution is 2.33. The first-order chi connectivity index (χ1) is 9.48. The lowest BCUT2D eigenvalue weighted by Crippen LogP contribution is -3.00. The van der Waals surface area contributed by atoms with E-state index < -0.39 is 7.60 Å². The van der Waals surface area contributed by atoms with E-state index in [4.69, 9.17) is 9.79 Å². The first-order valence-electron chi connectivity index (χ1n) is 6.15. The van der Waals surface area contributed by atoms with Crippen LogP contribution in [0, 0.1) is 0 Å². The van der Waals surface area contributed by atoms with E-state index >= 15 is 0 Å². The second kappa shape index (κ2) is 9.33. The van der Waals surface area contributed by atoms with Gasteiger partial charge < -0.3 is 43.7 Å². The van der Waals surface area contributed by atoms with Crippen molar-refractivity contribution < 1.29 is 57.4 Å². The molecule has 0 spiro atoms. The smallest absolute Gasteiger partial charge is 0.331 e. The Morgan fingerprint density at radius 2 is 1.45 bits per heavy atom. The molecule has 0 aliphatic heterocycles. The molecular weight excluding hydrogens is 435 g/mol. The van der Waals surface area contributed by atoms with E-state index in [0.29, 0.717) is 6.54 Å². The molecule has 0 radical (unpaired) electrons. The lowest BCUT2D eigenvalue weighted by molar-refractivity contribution is -0.692. The number of halogens is 2. The number of rotatable bonds is 5. The Bertz CT molecular complexity index is 642. The minimum atomic E-state index is -3.94. The van der Waals surface area contributed by atoms with Gasteiger partial charge in [0.25, 0.3) is 0 Å². The molecule has 0 unspecified atom stereocenters. The molecule has 120 valence electrons. The largest absolute Gasteiger partial charge is 1.00 e. The fourth-order valence-electron chi connectivity index (χ4n) is 1.80. The summed E-state index contributed by atoms with van der Waals surface area (Å²) in [4.78, 5) is 17.7. The zero-order valence-electron chi connectivity index (χ0n) is 11.7. The summed E-state index contributed by atoms with van der Waals surface area (Å²) in [7, 11) is -3.94. The summed E-state index contributed by atoms with van der Waals surface area (Å²) in [5.74, 6) is 0. The van der Waals surface area contributed by atoms with Gasteiger partial charge in [0.05, 0.1) is 0 Å². The number of pyridine rings is 2. The van der Waals surface area contributed by atoms with Crippen LogP contribution in [0.1, 0.15) is 0 Å². The second-order valence-electron chi connectivity index (χ2n) is 4.43. The van der Waals surface area contributed by atoms with Crippen LogP contribution in [-0.2, 0) is 11.1 Å². The van der Waals surface area contributed by atoms with Crippen LogP contribution in [-0.4, -0.2) is 15.9 Å². The molecule has 2 aromatic rings. The third-order valence-corrected chi connectivity index (χ3v) is 3.72. The lowest BCUT2D eigenvalue weighted by Gasteiger charge is -2.02. The maximum Gasteiger partial charge on any atom is 0.331 e. The Morgan fingerprint density at radius 3 is 1.86 bits per heavy atom. The van der Waals surface area contributed by atoms with Crippen LogP contribution in [0.3, 0.4) is 0 Å². The van der Waals surface area contributed by atoms with Crippen LogP contribution < -0.4 is 43.1 Å². The van der Waals surface area contributed by atoms with Crippen LogP contribution >= 0.6 is 7.60 Å². The van der Waals surface area contributed by atoms with E-state index in [1.54, 1.807) is 10.8 Å².